The summed E-state index contributed by atoms with van der Waals surface area (Å²) in [4.78, 5) is 10.7. The first kappa shape index (κ1) is 12.8. The van der Waals surface area contributed by atoms with Gasteiger partial charge >= 0.3 is 6.18 Å². The molecule has 88 valence electrons. The average molecular weight is 256 g/mol. The Hall–Kier alpha value is -1.30. The average Bonchev–Trinajstić information content (AvgIpc) is 2.10. The SMILES string of the molecule is NC(=O)c1ccc(CC(F)(F)F)c(F)c1Cl. The number of amides is 1. The van der Waals surface area contributed by atoms with Crippen LogP contribution >= 0.6 is 11.6 Å². The molecule has 0 bridgehead atoms. The van der Waals surface area contributed by atoms with E-state index in [0.29, 0.717) is 0 Å². The number of halogens is 5. The zero-order valence-corrected chi connectivity index (χ0v) is 8.49. The van der Waals surface area contributed by atoms with E-state index in [1.807, 2.05) is 0 Å². The van der Waals surface area contributed by atoms with Gasteiger partial charge in [-0.1, -0.05) is 17.7 Å². The highest BCUT2D eigenvalue weighted by molar-refractivity contribution is 6.34. The second-order valence-corrected chi connectivity index (χ2v) is 3.43. The molecule has 1 rings (SSSR count). The molecule has 0 heterocycles. The standard InChI is InChI=1S/C9H6ClF4NO/c10-6-5(8(15)16)2-1-4(7(6)11)3-9(12,13)14/h1-2H,3H2,(H2,15,16). The van der Waals surface area contributed by atoms with Gasteiger partial charge in [0.25, 0.3) is 0 Å². The third kappa shape index (κ3) is 2.85. The van der Waals surface area contributed by atoms with Gasteiger partial charge < -0.3 is 5.73 Å². The minimum absolute atomic E-state index is 0.343. The van der Waals surface area contributed by atoms with Gasteiger partial charge in [-0.2, -0.15) is 13.2 Å². The Bertz CT molecular complexity index is 430. The molecule has 0 radical (unpaired) electrons. The lowest BCUT2D eigenvalue weighted by Gasteiger charge is -2.09. The Morgan fingerprint density at radius 1 is 1.38 bits per heavy atom. The van der Waals surface area contributed by atoms with Crippen LogP contribution in [-0.4, -0.2) is 12.1 Å². The van der Waals surface area contributed by atoms with E-state index < -0.39 is 34.9 Å². The maximum atomic E-state index is 13.3. The van der Waals surface area contributed by atoms with Gasteiger partial charge in [-0.15, -0.1) is 0 Å². The largest absolute Gasteiger partial charge is 0.393 e. The Morgan fingerprint density at radius 3 is 2.38 bits per heavy atom. The summed E-state index contributed by atoms with van der Waals surface area (Å²) in [6.45, 7) is 0. The number of carbonyl (C=O) groups is 1. The lowest BCUT2D eigenvalue weighted by molar-refractivity contribution is -0.127. The van der Waals surface area contributed by atoms with Crippen molar-refractivity contribution in [2.75, 3.05) is 0 Å². The van der Waals surface area contributed by atoms with E-state index in [-0.39, 0.29) is 5.56 Å². The quantitative estimate of drug-likeness (QED) is 0.811. The summed E-state index contributed by atoms with van der Waals surface area (Å²) in [5, 5.41) is -0.686. The highest BCUT2D eigenvalue weighted by atomic mass is 35.5. The number of hydrogen-bond acceptors (Lipinski definition) is 1. The zero-order chi connectivity index (χ0) is 12.5. The van der Waals surface area contributed by atoms with Gasteiger partial charge in [0.05, 0.1) is 17.0 Å². The van der Waals surface area contributed by atoms with Crippen molar-refractivity contribution in [3.63, 3.8) is 0 Å². The summed E-state index contributed by atoms with van der Waals surface area (Å²) in [7, 11) is 0. The highest BCUT2D eigenvalue weighted by Gasteiger charge is 2.30. The molecule has 0 aliphatic rings. The van der Waals surface area contributed by atoms with E-state index in [0.717, 1.165) is 12.1 Å². The van der Waals surface area contributed by atoms with Crippen LogP contribution in [0.3, 0.4) is 0 Å². The van der Waals surface area contributed by atoms with Gasteiger partial charge in [-0.05, 0) is 11.6 Å². The van der Waals surface area contributed by atoms with Gasteiger partial charge in [0.15, 0.2) is 0 Å². The first-order valence-corrected chi connectivity index (χ1v) is 4.43. The van der Waals surface area contributed by atoms with E-state index in [4.69, 9.17) is 17.3 Å². The van der Waals surface area contributed by atoms with Crippen LogP contribution in [0.4, 0.5) is 17.6 Å². The summed E-state index contributed by atoms with van der Waals surface area (Å²) in [6, 6.07) is 1.81. The summed E-state index contributed by atoms with van der Waals surface area (Å²) in [6.07, 6.45) is -5.99. The predicted octanol–water partition coefficient (Wildman–Crippen LogP) is 2.68. The molecule has 0 spiro atoms. The highest BCUT2D eigenvalue weighted by Crippen LogP contribution is 2.28. The molecule has 0 saturated heterocycles. The molecule has 7 heteroatoms. The third-order valence-electron chi connectivity index (χ3n) is 1.82. The molecule has 16 heavy (non-hydrogen) atoms. The number of rotatable bonds is 2. The van der Waals surface area contributed by atoms with Gasteiger partial charge in [0, 0.05) is 0 Å². The van der Waals surface area contributed by atoms with Gasteiger partial charge in [-0.3, -0.25) is 4.79 Å². The van der Waals surface area contributed by atoms with Crippen molar-refractivity contribution < 1.29 is 22.4 Å². The number of nitrogens with two attached hydrogens (primary N) is 1. The smallest absolute Gasteiger partial charge is 0.366 e. The van der Waals surface area contributed by atoms with E-state index in [1.165, 1.54) is 0 Å². The maximum Gasteiger partial charge on any atom is 0.393 e. The van der Waals surface area contributed by atoms with Crippen LogP contribution in [0.2, 0.25) is 5.02 Å². The lowest BCUT2D eigenvalue weighted by Crippen LogP contribution is -2.16. The van der Waals surface area contributed by atoms with Crippen LogP contribution in [0.1, 0.15) is 15.9 Å². The van der Waals surface area contributed by atoms with Crippen molar-refractivity contribution in [3.05, 3.63) is 34.1 Å². The van der Waals surface area contributed by atoms with Crippen molar-refractivity contribution in [1.29, 1.82) is 0 Å². The van der Waals surface area contributed by atoms with E-state index in [1.54, 1.807) is 0 Å². The Morgan fingerprint density at radius 2 is 1.94 bits per heavy atom. The maximum absolute atomic E-state index is 13.3. The molecule has 0 saturated carbocycles. The Balaban J connectivity index is 3.17. The van der Waals surface area contributed by atoms with Crippen molar-refractivity contribution >= 4 is 17.5 Å². The van der Waals surface area contributed by atoms with Crippen molar-refractivity contribution in [1.82, 2.24) is 0 Å². The molecule has 0 aliphatic carbocycles. The second-order valence-electron chi connectivity index (χ2n) is 3.06. The summed E-state index contributed by atoms with van der Waals surface area (Å²) >= 11 is 5.38. The molecule has 0 unspecified atom stereocenters. The van der Waals surface area contributed by atoms with Gasteiger partial charge in [0.1, 0.15) is 5.82 Å². The molecule has 0 fully saturated rings. The molecule has 2 N–H and O–H groups in total. The first-order valence-electron chi connectivity index (χ1n) is 4.06. The minimum atomic E-state index is -4.54. The summed E-state index contributed by atoms with van der Waals surface area (Å²) < 4.78 is 49.3. The molecule has 1 amide bonds. The van der Waals surface area contributed by atoms with Gasteiger partial charge in [0.2, 0.25) is 5.91 Å². The molecule has 0 atom stereocenters. The molecular formula is C9H6ClF4NO. The molecule has 1 aromatic carbocycles. The fourth-order valence-corrected chi connectivity index (χ4v) is 1.41. The van der Waals surface area contributed by atoms with Crippen LogP contribution in [0.25, 0.3) is 0 Å². The third-order valence-corrected chi connectivity index (χ3v) is 2.19. The summed E-state index contributed by atoms with van der Waals surface area (Å²) in [5.74, 6) is -2.27. The van der Waals surface area contributed by atoms with Crippen molar-refractivity contribution in [3.8, 4) is 0 Å². The number of benzene rings is 1. The predicted molar refractivity (Wildman–Crippen MR) is 49.7 cm³/mol. The van der Waals surface area contributed by atoms with E-state index >= 15 is 0 Å². The van der Waals surface area contributed by atoms with Crippen LogP contribution < -0.4 is 5.73 Å². The van der Waals surface area contributed by atoms with Crippen LogP contribution in [0, 0.1) is 5.82 Å². The number of primary amides is 1. The number of carbonyl (C=O) groups excluding carboxylic acids is 1. The van der Waals surface area contributed by atoms with Crippen LogP contribution in [0.5, 0.6) is 0 Å². The van der Waals surface area contributed by atoms with E-state index in [2.05, 4.69) is 0 Å². The Labute approximate surface area is 93.0 Å². The zero-order valence-electron chi connectivity index (χ0n) is 7.74. The van der Waals surface area contributed by atoms with Crippen molar-refractivity contribution in [2.45, 2.75) is 12.6 Å². The minimum Gasteiger partial charge on any atom is -0.366 e. The number of hydrogen-bond donors (Lipinski definition) is 1. The van der Waals surface area contributed by atoms with Gasteiger partial charge in [-0.25, -0.2) is 4.39 Å². The fourth-order valence-electron chi connectivity index (χ4n) is 1.13. The fraction of sp³-hybridized carbons (Fsp3) is 0.222. The number of alkyl halides is 3. The molecular weight excluding hydrogens is 250 g/mol. The second kappa shape index (κ2) is 4.29. The normalized spacial score (nSPS) is 11.6. The molecule has 0 aromatic heterocycles. The molecule has 0 aliphatic heterocycles. The lowest BCUT2D eigenvalue weighted by atomic mass is 10.1. The monoisotopic (exact) mass is 255 g/mol. The van der Waals surface area contributed by atoms with Crippen molar-refractivity contribution in [2.24, 2.45) is 5.73 Å². The summed E-state index contributed by atoms with van der Waals surface area (Å²) in [5.41, 5.74) is 3.88. The topological polar surface area (TPSA) is 43.1 Å². The molecule has 2 nitrogen and oxygen atoms in total. The Kier molecular flexibility index (Phi) is 3.42. The van der Waals surface area contributed by atoms with Crippen LogP contribution in [0.15, 0.2) is 12.1 Å². The first-order chi connectivity index (χ1) is 7.22. The van der Waals surface area contributed by atoms with Crippen LogP contribution in [-0.2, 0) is 6.42 Å². The van der Waals surface area contributed by atoms with E-state index in [9.17, 15) is 22.4 Å². The molecule has 1 aromatic rings.